The van der Waals surface area contributed by atoms with Crippen molar-refractivity contribution >= 4 is 5.91 Å². The third-order valence-electron chi connectivity index (χ3n) is 3.31. The van der Waals surface area contributed by atoms with Gasteiger partial charge in [0.15, 0.2) is 5.43 Å². The molecule has 1 amide bonds. The van der Waals surface area contributed by atoms with E-state index >= 15 is 0 Å². The molecule has 1 fully saturated rings. The van der Waals surface area contributed by atoms with Crippen LogP contribution in [0.3, 0.4) is 0 Å². The number of rotatable bonds is 2. The average Bonchev–Trinajstić information content (AvgIpc) is 2.70. The van der Waals surface area contributed by atoms with Gasteiger partial charge in [-0.25, -0.2) is 0 Å². The van der Waals surface area contributed by atoms with Crippen LogP contribution in [0.2, 0.25) is 0 Å². The summed E-state index contributed by atoms with van der Waals surface area (Å²) < 4.78 is 0. The Bertz CT molecular complexity index is 469. The van der Waals surface area contributed by atoms with Crippen LogP contribution in [-0.4, -0.2) is 34.9 Å². The van der Waals surface area contributed by atoms with Crippen LogP contribution in [0.15, 0.2) is 23.3 Å². The van der Waals surface area contributed by atoms with Crippen LogP contribution >= 0.6 is 0 Å². The number of aromatic nitrogens is 1. The van der Waals surface area contributed by atoms with Crippen molar-refractivity contribution in [2.75, 3.05) is 13.1 Å². The molecule has 0 radical (unpaired) electrons. The first-order valence-electron chi connectivity index (χ1n) is 5.81. The lowest BCUT2D eigenvalue weighted by molar-refractivity contribution is 0.0742. The zero-order valence-electron chi connectivity index (χ0n) is 9.85. The van der Waals surface area contributed by atoms with Gasteiger partial charge in [0.25, 0.3) is 5.91 Å². The van der Waals surface area contributed by atoms with Crippen molar-refractivity contribution in [1.82, 2.24) is 9.88 Å². The van der Waals surface area contributed by atoms with Gasteiger partial charge >= 0.3 is 0 Å². The van der Waals surface area contributed by atoms with Crippen LogP contribution in [-0.2, 0) is 0 Å². The van der Waals surface area contributed by atoms with E-state index in [4.69, 9.17) is 5.73 Å². The van der Waals surface area contributed by atoms with Crippen LogP contribution in [0.25, 0.3) is 0 Å². The Kier molecular flexibility index (Phi) is 3.28. The third-order valence-corrected chi connectivity index (χ3v) is 3.31. The fraction of sp³-hybridized carbons (Fsp3) is 0.500. The van der Waals surface area contributed by atoms with Gasteiger partial charge in [-0.2, -0.15) is 0 Å². The highest BCUT2D eigenvalue weighted by molar-refractivity contribution is 5.94. The van der Waals surface area contributed by atoms with Crippen molar-refractivity contribution in [3.8, 4) is 0 Å². The quantitative estimate of drug-likeness (QED) is 0.767. The summed E-state index contributed by atoms with van der Waals surface area (Å²) in [7, 11) is 0. The molecule has 3 N–H and O–H groups in total. The summed E-state index contributed by atoms with van der Waals surface area (Å²) in [6.07, 6.45) is 3.90. The van der Waals surface area contributed by atoms with Crippen molar-refractivity contribution in [3.05, 3.63) is 34.2 Å². The number of H-pyrrole nitrogens is 1. The standard InChI is InChI=1S/C12H17N3O2/c1-8-4-9(5-13)7-15(8)12(17)10-6-14-3-2-11(10)16/h2-3,6,8-9H,4-5,7,13H2,1H3,(H,14,16). The molecular formula is C12H17N3O2. The number of carbonyl (C=O) groups excluding carboxylic acids is 1. The number of carbonyl (C=O) groups is 1. The number of hydrogen-bond acceptors (Lipinski definition) is 3. The van der Waals surface area contributed by atoms with E-state index in [0.717, 1.165) is 6.42 Å². The minimum Gasteiger partial charge on any atom is -0.367 e. The third kappa shape index (κ3) is 2.24. The van der Waals surface area contributed by atoms with E-state index in [0.29, 0.717) is 19.0 Å². The highest BCUT2D eigenvalue weighted by Gasteiger charge is 2.32. The Morgan fingerprint density at radius 3 is 3.00 bits per heavy atom. The fourth-order valence-corrected chi connectivity index (χ4v) is 2.33. The summed E-state index contributed by atoms with van der Waals surface area (Å²) in [5.74, 6) is 0.145. The second kappa shape index (κ2) is 4.71. The topological polar surface area (TPSA) is 79.2 Å². The molecule has 0 aromatic carbocycles. The highest BCUT2D eigenvalue weighted by atomic mass is 16.2. The summed E-state index contributed by atoms with van der Waals surface area (Å²) in [5.41, 5.74) is 5.59. The molecule has 5 heteroatoms. The smallest absolute Gasteiger partial charge is 0.259 e. The van der Waals surface area contributed by atoms with Gasteiger partial charge in [0.2, 0.25) is 0 Å². The Labute approximate surface area is 99.6 Å². The molecule has 1 aliphatic heterocycles. The monoisotopic (exact) mass is 235 g/mol. The van der Waals surface area contributed by atoms with E-state index in [2.05, 4.69) is 4.98 Å². The molecule has 0 bridgehead atoms. The highest BCUT2D eigenvalue weighted by Crippen LogP contribution is 2.23. The normalized spacial score (nSPS) is 24.0. The van der Waals surface area contributed by atoms with E-state index < -0.39 is 0 Å². The Morgan fingerprint density at radius 1 is 1.65 bits per heavy atom. The van der Waals surface area contributed by atoms with Gasteiger partial charge in [0.05, 0.1) is 0 Å². The van der Waals surface area contributed by atoms with Crippen molar-refractivity contribution < 1.29 is 4.79 Å². The number of nitrogens with one attached hydrogen (secondary N) is 1. The molecule has 2 atom stereocenters. The summed E-state index contributed by atoms with van der Waals surface area (Å²) in [4.78, 5) is 28.3. The molecule has 1 saturated heterocycles. The first-order valence-corrected chi connectivity index (χ1v) is 5.81. The number of nitrogens with two attached hydrogens (primary N) is 1. The predicted octanol–water partition coefficient (Wildman–Crippen LogP) is 0.184. The number of nitrogens with zero attached hydrogens (tertiary/aromatic N) is 1. The van der Waals surface area contributed by atoms with Gasteiger partial charge in [-0.05, 0) is 25.8 Å². The summed E-state index contributed by atoms with van der Waals surface area (Å²) >= 11 is 0. The zero-order chi connectivity index (χ0) is 12.4. The Hall–Kier alpha value is -1.62. The molecule has 2 rings (SSSR count). The van der Waals surface area contributed by atoms with Gasteiger partial charge in [-0.1, -0.05) is 0 Å². The van der Waals surface area contributed by atoms with Crippen molar-refractivity contribution in [2.45, 2.75) is 19.4 Å². The molecule has 0 saturated carbocycles. The van der Waals surface area contributed by atoms with E-state index in [-0.39, 0.29) is 22.9 Å². The molecule has 2 unspecified atom stereocenters. The van der Waals surface area contributed by atoms with Crippen LogP contribution < -0.4 is 11.2 Å². The molecule has 1 aliphatic rings. The molecule has 1 aromatic rings. The second-order valence-corrected chi connectivity index (χ2v) is 4.57. The van der Waals surface area contributed by atoms with Crippen molar-refractivity contribution in [3.63, 3.8) is 0 Å². The molecular weight excluding hydrogens is 218 g/mol. The Morgan fingerprint density at radius 2 is 2.41 bits per heavy atom. The molecule has 17 heavy (non-hydrogen) atoms. The van der Waals surface area contributed by atoms with E-state index in [9.17, 15) is 9.59 Å². The average molecular weight is 235 g/mol. The van der Waals surface area contributed by atoms with Gasteiger partial charge in [-0.3, -0.25) is 9.59 Å². The minimum absolute atomic E-state index is 0.149. The number of pyridine rings is 1. The summed E-state index contributed by atoms with van der Waals surface area (Å²) in [6, 6.07) is 1.52. The summed E-state index contributed by atoms with van der Waals surface area (Å²) in [5, 5.41) is 0. The van der Waals surface area contributed by atoms with Crippen LogP contribution in [0.1, 0.15) is 23.7 Å². The van der Waals surface area contributed by atoms with Gasteiger partial charge in [0.1, 0.15) is 5.56 Å². The van der Waals surface area contributed by atoms with E-state index in [1.807, 2.05) is 6.92 Å². The van der Waals surface area contributed by atoms with Crippen LogP contribution in [0, 0.1) is 5.92 Å². The summed E-state index contributed by atoms with van der Waals surface area (Å²) in [6.45, 7) is 3.22. The fourth-order valence-electron chi connectivity index (χ4n) is 2.33. The minimum atomic E-state index is -0.239. The lowest BCUT2D eigenvalue weighted by Gasteiger charge is -2.21. The van der Waals surface area contributed by atoms with Crippen molar-refractivity contribution in [1.29, 1.82) is 0 Å². The maximum absolute atomic E-state index is 12.2. The first-order chi connectivity index (χ1) is 8.13. The number of hydrogen-bond donors (Lipinski definition) is 2. The lowest BCUT2D eigenvalue weighted by atomic mass is 10.1. The largest absolute Gasteiger partial charge is 0.367 e. The molecule has 0 spiro atoms. The van der Waals surface area contributed by atoms with Gasteiger partial charge < -0.3 is 15.6 Å². The number of likely N-dealkylation sites (tertiary alicyclic amines) is 1. The lowest BCUT2D eigenvalue weighted by Crippen LogP contribution is -2.37. The molecule has 2 heterocycles. The maximum atomic E-state index is 12.2. The molecule has 1 aromatic heterocycles. The maximum Gasteiger partial charge on any atom is 0.259 e. The van der Waals surface area contributed by atoms with Crippen molar-refractivity contribution in [2.24, 2.45) is 11.7 Å². The van der Waals surface area contributed by atoms with E-state index in [1.54, 1.807) is 4.90 Å². The Balaban J connectivity index is 2.22. The second-order valence-electron chi connectivity index (χ2n) is 4.57. The zero-order valence-corrected chi connectivity index (χ0v) is 9.85. The predicted molar refractivity (Wildman–Crippen MR) is 64.7 cm³/mol. The van der Waals surface area contributed by atoms with Crippen LogP contribution in [0.4, 0.5) is 0 Å². The molecule has 0 aliphatic carbocycles. The molecule has 5 nitrogen and oxygen atoms in total. The van der Waals surface area contributed by atoms with E-state index in [1.165, 1.54) is 18.5 Å². The van der Waals surface area contributed by atoms with Gasteiger partial charge in [-0.15, -0.1) is 0 Å². The molecule has 92 valence electrons. The van der Waals surface area contributed by atoms with Gasteiger partial charge in [0, 0.05) is 31.0 Å². The SMILES string of the molecule is CC1CC(CN)CN1C(=O)c1c[nH]ccc1=O. The number of aromatic amines is 1. The first kappa shape index (κ1) is 11.9. The van der Waals surface area contributed by atoms with Crippen LogP contribution in [0.5, 0.6) is 0 Å². The number of amides is 1.